The van der Waals surface area contributed by atoms with Gasteiger partial charge in [-0.25, -0.2) is 4.79 Å². The summed E-state index contributed by atoms with van der Waals surface area (Å²) in [6.45, 7) is 5.50. The topological polar surface area (TPSA) is 83.7 Å². The van der Waals surface area contributed by atoms with Crippen LogP contribution in [0.5, 0.6) is 0 Å². The van der Waals surface area contributed by atoms with Crippen molar-refractivity contribution in [1.82, 2.24) is 0 Å². The third-order valence-electron chi connectivity index (χ3n) is 3.18. The van der Waals surface area contributed by atoms with Gasteiger partial charge in [0.1, 0.15) is 5.69 Å². The second-order valence-electron chi connectivity index (χ2n) is 4.93. The molecule has 1 N–H and O–H groups in total. The Morgan fingerprint density at radius 1 is 1.40 bits per heavy atom. The first-order chi connectivity index (χ1) is 9.38. The Morgan fingerprint density at radius 3 is 2.50 bits per heavy atom. The fourth-order valence-electron chi connectivity index (χ4n) is 2.44. The van der Waals surface area contributed by atoms with Gasteiger partial charge in [-0.1, -0.05) is 13.8 Å². The van der Waals surface area contributed by atoms with Gasteiger partial charge in [0.15, 0.2) is 0 Å². The molecule has 1 aromatic carbocycles. The number of thioether (sulfide) groups is 1. The minimum Gasteiger partial charge on any atom is -0.478 e. The van der Waals surface area contributed by atoms with Gasteiger partial charge in [0, 0.05) is 29.7 Å². The van der Waals surface area contributed by atoms with Gasteiger partial charge in [-0.3, -0.25) is 10.1 Å². The van der Waals surface area contributed by atoms with Gasteiger partial charge < -0.3 is 10.0 Å². The average Bonchev–Trinajstić information content (AvgIpc) is 2.36. The Bertz CT molecular complexity index is 539. The van der Waals surface area contributed by atoms with Crippen LogP contribution >= 0.6 is 11.8 Å². The number of nitro benzene ring substituents is 1. The number of carboxylic acids is 1. The van der Waals surface area contributed by atoms with Crippen LogP contribution in [-0.4, -0.2) is 39.6 Å². The largest absolute Gasteiger partial charge is 0.478 e. The van der Waals surface area contributed by atoms with Crippen molar-refractivity contribution in [3.8, 4) is 0 Å². The molecule has 0 spiro atoms. The lowest BCUT2D eigenvalue weighted by molar-refractivity contribution is -0.384. The van der Waals surface area contributed by atoms with E-state index >= 15 is 0 Å². The maximum atomic E-state index is 11.1. The summed E-state index contributed by atoms with van der Waals surface area (Å²) in [6.07, 6.45) is 0. The Morgan fingerprint density at radius 2 is 2.00 bits per heavy atom. The highest BCUT2D eigenvalue weighted by Gasteiger charge is 2.28. The first-order valence-corrected chi connectivity index (χ1v) is 7.25. The van der Waals surface area contributed by atoms with E-state index in [-0.39, 0.29) is 11.3 Å². The average molecular weight is 296 g/mol. The molecule has 1 heterocycles. The van der Waals surface area contributed by atoms with E-state index in [1.54, 1.807) is 0 Å². The summed E-state index contributed by atoms with van der Waals surface area (Å²) in [7, 11) is 0. The van der Waals surface area contributed by atoms with E-state index in [1.807, 2.05) is 16.7 Å². The SMILES string of the molecule is CC1CN(c2cc(C(=O)O)ccc2[N+](=O)[O-])CC(C)S1. The third kappa shape index (κ3) is 3.04. The zero-order chi connectivity index (χ0) is 14.9. The minimum atomic E-state index is -1.08. The van der Waals surface area contributed by atoms with Crippen LogP contribution in [0.4, 0.5) is 11.4 Å². The molecule has 7 heteroatoms. The molecule has 2 rings (SSSR count). The Kier molecular flexibility index (Phi) is 4.17. The summed E-state index contributed by atoms with van der Waals surface area (Å²) in [4.78, 5) is 23.6. The van der Waals surface area contributed by atoms with Crippen LogP contribution in [0.1, 0.15) is 24.2 Å². The van der Waals surface area contributed by atoms with Crippen LogP contribution < -0.4 is 4.90 Å². The van der Waals surface area contributed by atoms with E-state index < -0.39 is 10.9 Å². The van der Waals surface area contributed by atoms with Gasteiger partial charge in [0.2, 0.25) is 0 Å². The van der Waals surface area contributed by atoms with E-state index in [4.69, 9.17) is 5.11 Å². The maximum Gasteiger partial charge on any atom is 0.335 e. The number of hydrogen-bond donors (Lipinski definition) is 1. The smallest absolute Gasteiger partial charge is 0.335 e. The fraction of sp³-hybridized carbons (Fsp3) is 0.462. The van der Waals surface area contributed by atoms with E-state index in [1.165, 1.54) is 18.2 Å². The van der Waals surface area contributed by atoms with Gasteiger partial charge in [-0.05, 0) is 12.1 Å². The quantitative estimate of drug-likeness (QED) is 0.682. The Balaban J connectivity index is 2.43. The Labute approximate surface area is 120 Å². The van der Waals surface area contributed by atoms with Crippen molar-refractivity contribution in [1.29, 1.82) is 0 Å². The number of aromatic carboxylic acids is 1. The van der Waals surface area contributed by atoms with Gasteiger partial charge in [-0.15, -0.1) is 0 Å². The number of anilines is 1. The molecule has 0 saturated carbocycles. The summed E-state index contributed by atoms with van der Waals surface area (Å²) in [6, 6.07) is 3.95. The normalized spacial score (nSPS) is 22.6. The molecule has 1 aromatic rings. The van der Waals surface area contributed by atoms with Crippen LogP contribution in [0.25, 0.3) is 0 Å². The van der Waals surface area contributed by atoms with Gasteiger partial charge in [-0.2, -0.15) is 11.8 Å². The summed E-state index contributed by atoms with van der Waals surface area (Å²) in [5.74, 6) is -1.08. The molecule has 20 heavy (non-hydrogen) atoms. The lowest BCUT2D eigenvalue weighted by Gasteiger charge is -2.35. The van der Waals surface area contributed by atoms with E-state index in [9.17, 15) is 14.9 Å². The lowest BCUT2D eigenvalue weighted by Crippen LogP contribution is -2.40. The molecular formula is C13H16N2O4S. The standard InChI is InChI=1S/C13H16N2O4S/c1-8-6-14(7-9(2)20-8)12-5-10(13(16)17)3-4-11(12)15(18)19/h3-5,8-9H,6-7H2,1-2H3,(H,16,17). The molecule has 1 fully saturated rings. The highest BCUT2D eigenvalue weighted by atomic mass is 32.2. The zero-order valence-corrected chi connectivity index (χ0v) is 12.1. The van der Waals surface area contributed by atoms with Crippen molar-refractivity contribution < 1.29 is 14.8 Å². The van der Waals surface area contributed by atoms with Crippen LogP contribution in [0.3, 0.4) is 0 Å². The minimum absolute atomic E-state index is 0.0405. The molecule has 0 aromatic heterocycles. The summed E-state index contributed by atoms with van der Waals surface area (Å²) < 4.78 is 0. The molecule has 108 valence electrons. The van der Waals surface area contributed by atoms with Crippen molar-refractivity contribution >= 4 is 29.1 Å². The predicted octanol–water partition coefficient (Wildman–Crippen LogP) is 2.62. The first-order valence-electron chi connectivity index (χ1n) is 6.30. The number of rotatable bonds is 3. The number of carbonyl (C=O) groups is 1. The highest BCUT2D eigenvalue weighted by molar-refractivity contribution is 8.00. The number of hydrogen-bond acceptors (Lipinski definition) is 5. The van der Waals surface area contributed by atoms with Gasteiger partial charge in [0.05, 0.1) is 10.5 Å². The molecule has 1 saturated heterocycles. The monoisotopic (exact) mass is 296 g/mol. The molecular weight excluding hydrogens is 280 g/mol. The molecule has 1 aliphatic heterocycles. The second kappa shape index (κ2) is 5.70. The first kappa shape index (κ1) is 14.6. The van der Waals surface area contributed by atoms with Crippen LogP contribution in [0, 0.1) is 10.1 Å². The van der Waals surface area contributed by atoms with Crippen LogP contribution in [0.2, 0.25) is 0 Å². The molecule has 2 unspecified atom stereocenters. The van der Waals surface area contributed by atoms with E-state index in [2.05, 4.69) is 13.8 Å². The molecule has 2 atom stereocenters. The molecule has 1 aliphatic rings. The van der Waals surface area contributed by atoms with Crippen molar-refractivity contribution in [2.75, 3.05) is 18.0 Å². The highest BCUT2D eigenvalue weighted by Crippen LogP contribution is 2.34. The molecule has 0 bridgehead atoms. The van der Waals surface area contributed by atoms with Gasteiger partial charge >= 0.3 is 5.97 Å². The lowest BCUT2D eigenvalue weighted by atomic mass is 10.1. The van der Waals surface area contributed by atoms with Gasteiger partial charge in [0.25, 0.3) is 5.69 Å². The number of carboxylic acid groups (broad SMARTS) is 1. The van der Waals surface area contributed by atoms with E-state index in [0.717, 1.165) is 0 Å². The number of nitrogens with zero attached hydrogens (tertiary/aromatic N) is 2. The van der Waals surface area contributed by atoms with Crippen LogP contribution in [0.15, 0.2) is 18.2 Å². The van der Waals surface area contributed by atoms with Crippen LogP contribution in [-0.2, 0) is 0 Å². The Hall–Kier alpha value is -1.76. The second-order valence-corrected chi connectivity index (χ2v) is 6.81. The maximum absolute atomic E-state index is 11.1. The molecule has 0 aliphatic carbocycles. The fourth-order valence-corrected chi connectivity index (χ4v) is 3.76. The van der Waals surface area contributed by atoms with Crippen molar-refractivity contribution in [3.05, 3.63) is 33.9 Å². The van der Waals surface area contributed by atoms with E-state index in [0.29, 0.717) is 29.3 Å². The number of nitro groups is 1. The molecule has 6 nitrogen and oxygen atoms in total. The number of benzene rings is 1. The molecule has 0 radical (unpaired) electrons. The van der Waals surface area contributed by atoms with Crippen molar-refractivity contribution in [2.45, 2.75) is 24.3 Å². The summed E-state index contributed by atoms with van der Waals surface area (Å²) in [5.41, 5.74) is 0.430. The molecule has 0 amide bonds. The van der Waals surface area contributed by atoms with Crippen molar-refractivity contribution in [2.24, 2.45) is 0 Å². The zero-order valence-electron chi connectivity index (χ0n) is 11.3. The van der Waals surface area contributed by atoms with Crippen molar-refractivity contribution in [3.63, 3.8) is 0 Å². The third-order valence-corrected chi connectivity index (χ3v) is 4.41. The summed E-state index contributed by atoms with van der Waals surface area (Å²) >= 11 is 1.84. The summed E-state index contributed by atoms with van der Waals surface area (Å²) in [5, 5.41) is 20.9. The predicted molar refractivity (Wildman–Crippen MR) is 78.8 cm³/mol.